The molecular formula is C16H24N6O. The van der Waals surface area contributed by atoms with E-state index in [-0.39, 0.29) is 5.56 Å². The molecule has 1 fully saturated rings. The Morgan fingerprint density at radius 3 is 2.65 bits per heavy atom. The third kappa shape index (κ3) is 3.67. The summed E-state index contributed by atoms with van der Waals surface area (Å²) in [5.41, 5.74) is 2.69. The van der Waals surface area contributed by atoms with Crippen LogP contribution in [0.2, 0.25) is 0 Å². The normalized spacial score (nSPS) is 16.8. The molecule has 2 aromatic heterocycles. The molecule has 0 saturated carbocycles. The van der Waals surface area contributed by atoms with Gasteiger partial charge in [0.15, 0.2) is 0 Å². The predicted octanol–water partition coefficient (Wildman–Crippen LogP) is 0.901. The maximum absolute atomic E-state index is 12.3. The van der Waals surface area contributed by atoms with Gasteiger partial charge in [0.25, 0.3) is 5.56 Å². The minimum absolute atomic E-state index is 0.0967. The second kappa shape index (κ2) is 6.62. The van der Waals surface area contributed by atoms with Gasteiger partial charge in [0.05, 0.1) is 18.2 Å². The van der Waals surface area contributed by atoms with Crippen molar-refractivity contribution in [2.24, 2.45) is 13.0 Å². The SMILES string of the molecule is Cc1ncn(CC2CCN(Cc3cnn(C)n3)CC2)c(=O)c1C. The van der Waals surface area contributed by atoms with Gasteiger partial charge in [-0.3, -0.25) is 14.3 Å². The Kier molecular flexibility index (Phi) is 4.56. The van der Waals surface area contributed by atoms with E-state index in [1.807, 2.05) is 27.1 Å². The molecule has 0 aliphatic carbocycles. The van der Waals surface area contributed by atoms with E-state index in [1.165, 1.54) is 0 Å². The molecule has 1 aliphatic rings. The van der Waals surface area contributed by atoms with E-state index in [0.717, 1.165) is 56.0 Å². The molecule has 0 aromatic carbocycles. The van der Waals surface area contributed by atoms with Crippen LogP contribution in [0.1, 0.15) is 29.8 Å². The highest BCUT2D eigenvalue weighted by Gasteiger charge is 2.21. The average Bonchev–Trinajstić information content (AvgIpc) is 2.95. The summed E-state index contributed by atoms with van der Waals surface area (Å²) in [7, 11) is 1.84. The molecule has 1 aliphatic heterocycles. The monoisotopic (exact) mass is 316 g/mol. The van der Waals surface area contributed by atoms with Crippen LogP contribution < -0.4 is 5.56 Å². The number of aromatic nitrogens is 5. The molecule has 3 rings (SSSR count). The van der Waals surface area contributed by atoms with E-state index in [0.29, 0.717) is 5.92 Å². The number of nitrogens with zero attached hydrogens (tertiary/aromatic N) is 6. The van der Waals surface area contributed by atoms with Gasteiger partial charge < -0.3 is 0 Å². The Morgan fingerprint density at radius 1 is 1.26 bits per heavy atom. The fourth-order valence-electron chi connectivity index (χ4n) is 3.10. The first-order valence-electron chi connectivity index (χ1n) is 8.13. The molecule has 1 saturated heterocycles. The van der Waals surface area contributed by atoms with Crippen molar-refractivity contribution in [3.63, 3.8) is 0 Å². The van der Waals surface area contributed by atoms with Crippen molar-refractivity contribution in [1.29, 1.82) is 0 Å². The zero-order valence-electron chi connectivity index (χ0n) is 14.1. The molecule has 7 nitrogen and oxygen atoms in total. The van der Waals surface area contributed by atoms with Gasteiger partial charge in [-0.2, -0.15) is 15.0 Å². The third-order valence-electron chi connectivity index (χ3n) is 4.71. The van der Waals surface area contributed by atoms with E-state index in [9.17, 15) is 4.79 Å². The van der Waals surface area contributed by atoms with Gasteiger partial charge in [0, 0.05) is 31.4 Å². The van der Waals surface area contributed by atoms with Crippen LogP contribution in [-0.2, 0) is 20.1 Å². The molecule has 0 N–H and O–H groups in total. The highest BCUT2D eigenvalue weighted by molar-refractivity contribution is 5.12. The zero-order chi connectivity index (χ0) is 16.4. The first kappa shape index (κ1) is 15.9. The fraction of sp³-hybridized carbons (Fsp3) is 0.625. The summed E-state index contributed by atoms with van der Waals surface area (Å²) in [6, 6.07) is 0. The number of rotatable bonds is 4. The first-order chi connectivity index (χ1) is 11.0. The van der Waals surface area contributed by atoms with Crippen LogP contribution in [0.25, 0.3) is 0 Å². The Hall–Kier alpha value is -2.02. The Balaban J connectivity index is 1.55. The minimum atomic E-state index is 0.0967. The number of hydrogen-bond donors (Lipinski definition) is 0. The summed E-state index contributed by atoms with van der Waals surface area (Å²) in [6.07, 6.45) is 5.71. The van der Waals surface area contributed by atoms with Crippen LogP contribution in [0.15, 0.2) is 17.3 Å². The van der Waals surface area contributed by atoms with Gasteiger partial charge in [-0.25, -0.2) is 4.98 Å². The lowest BCUT2D eigenvalue weighted by atomic mass is 9.96. The summed E-state index contributed by atoms with van der Waals surface area (Å²) >= 11 is 0. The summed E-state index contributed by atoms with van der Waals surface area (Å²) in [6.45, 7) is 7.43. The van der Waals surface area contributed by atoms with Gasteiger partial charge in [-0.15, -0.1) is 0 Å². The largest absolute Gasteiger partial charge is 0.299 e. The maximum Gasteiger partial charge on any atom is 0.256 e. The lowest BCUT2D eigenvalue weighted by Crippen LogP contribution is -2.36. The minimum Gasteiger partial charge on any atom is -0.299 e. The average molecular weight is 316 g/mol. The number of piperidine rings is 1. The van der Waals surface area contributed by atoms with Crippen molar-refractivity contribution in [3.8, 4) is 0 Å². The number of hydrogen-bond acceptors (Lipinski definition) is 5. The van der Waals surface area contributed by atoms with Crippen molar-refractivity contribution in [3.05, 3.63) is 39.8 Å². The van der Waals surface area contributed by atoms with E-state index < -0.39 is 0 Å². The standard InChI is InChI=1S/C16H24N6O/c1-12-13(2)17-11-22(16(12)23)9-14-4-6-21(7-5-14)10-15-8-18-20(3)19-15/h8,11,14H,4-7,9-10H2,1-3H3. The van der Waals surface area contributed by atoms with Crippen molar-refractivity contribution in [2.45, 2.75) is 39.8 Å². The van der Waals surface area contributed by atoms with Crippen molar-refractivity contribution in [2.75, 3.05) is 13.1 Å². The maximum atomic E-state index is 12.3. The Morgan fingerprint density at radius 2 is 2.00 bits per heavy atom. The van der Waals surface area contributed by atoms with Crippen molar-refractivity contribution < 1.29 is 0 Å². The quantitative estimate of drug-likeness (QED) is 0.838. The number of aryl methyl sites for hydroxylation is 2. The van der Waals surface area contributed by atoms with E-state index in [2.05, 4.69) is 20.1 Å². The topological polar surface area (TPSA) is 68.8 Å². The molecule has 0 unspecified atom stereocenters. The van der Waals surface area contributed by atoms with Gasteiger partial charge in [-0.1, -0.05) is 0 Å². The summed E-state index contributed by atoms with van der Waals surface area (Å²) in [5.74, 6) is 0.537. The smallest absolute Gasteiger partial charge is 0.256 e. The number of likely N-dealkylation sites (tertiary alicyclic amines) is 1. The van der Waals surface area contributed by atoms with E-state index in [1.54, 1.807) is 15.7 Å². The zero-order valence-corrected chi connectivity index (χ0v) is 14.1. The van der Waals surface area contributed by atoms with Crippen LogP contribution in [0, 0.1) is 19.8 Å². The molecule has 124 valence electrons. The molecule has 0 radical (unpaired) electrons. The molecule has 0 atom stereocenters. The highest BCUT2D eigenvalue weighted by atomic mass is 16.1. The molecule has 0 bridgehead atoms. The lowest BCUT2D eigenvalue weighted by molar-refractivity contribution is 0.164. The third-order valence-corrected chi connectivity index (χ3v) is 4.71. The summed E-state index contributed by atoms with van der Waals surface area (Å²) in [5, 5.41) is 8.44. The Labute approximate surface area is 135 Å². The van der Waals surface area contributed by atoms with Gasteiger partial charge >= 0.3 is 0 Å². The molecule has 2 aromatic rings. The first-order valence-corrected chi connectivity index (χ1v) is 8.13. The fourth-order valence-corrected chi connectivity index (χ4v) is 3.10. The second-order valence-electron chi connectivity index (χ2n) is 6.46. The molecular weight excluding hydrogens is 292 g/mol. The van der Waals surface area contributed by atoms with Crippen LogP contribution in [0.5, 0.6) is 0 Å². The molecule has 7 heteroatoms. The second-order valence-corrected chi connectivity index (χ2v) is 6.46. The molecule has 23 heavy (non-hydrogen) atoms. The highest BCUT2D eigenvalue weighted by Crippen LogP contribution is 2.19. The molecule has 0 amide bonds. The molecule has 0 spiro atoms. The van der Waals surface area contributed by atoms with Gasteiger partial charge in [-0.05, 0) is 45.7 Å². The van der Waals surface area contributed by atoms with Gasteiger partial charge in [0.1, 0.15) is 0 Å². The van der Waals surface area contributed by atoms with Crippen LogP contribution in [0.4, 0.5) is 0 Å². The van der Waals surface area contributed by atoms with Crippen LogP contribution in [-0.4, -0.2) is 42.5 Å². The Bertz CT molecular complexity index is 726. The van der Waals surface area contributed by atoms with E-state index in [4.69, 9.17) is 0 Å². The van der Waals surface area contributed by atoms with Gasteiger partial charge in [0.2, 0.25) is 0 Å². The van der Waals surface area contributed by atoms with E-state index >= 15 is 0 Å². The van der Waals surface area contributed by atoms with Crippen molar-refractivity contribution in [1.82, 2.24) is 29.4 Å². The molecule has 3 heterocycles. The van der Waals surface area contributed by atoms with Crippen LogP contribution >= 0.6 is 0 Å². The lowest BCUT2D eigenvalue weighted by Gasteiger charge is -2.31. The summed E-state index contributed by atoms with van der Waals surface area (Å²) < 4.78 is 1.77. The van der Waals surface area contributed by atoms with Crippen molar-refractivity contribution >= 4 is 0 Å². The van der Waals surface area contributed by atoms with Crippen LogP contribution in [0.3, 0.4) is 0 Å². The summed E-state index contributed by atoms with van der Waals surface area (Å²) in [4.78, 5) is 20.6. The predicted molar refractivity (Wildman–Crippen MR) is 87.0 cm³/mol.